The Morgan fingerprint density at radius 2 is 2.28 bits per heavy atom. The second-order valence-electron chi connectivity index (χ2n) is 5.18. The van der Waals surface area contributed by atoms with Gasteiger partial charge in [-0.2, -0.15) is 5.26 Å². The first-order valence-corrected chi connectivity index (χ1v) is 6.63. The summed E-state index contributed by atoms with van der Waals surface area (Å²) in [6, 6.07) is 4.05. The number of hydrogen-bond acceptors (Lipinski definition) is 4. The Bertz CT molecular complexity index is 510. The standard InChI is InChI=1S/C13H15ClN4/c14-12-8(5-15)3-4-17-13(12)18-6-9-1-2-11(16)10(9)7-18/h3-4,9-11H,1-2,6-7,16H2. The zero-order chi connectivity index (χ0) is 12.7. The van der Waals surface area contributed by atoms with Crippen LogP contribution in [0.4, 0.5) is 5.82 Å². The van der Waals surface area contributed by atoms with Crippen molar-refractivity contribution in [2.45, 2.75) is 18.9 Å². The van der Waals surface area contributed by atoms with Gasteiger partial charge in [-0.05, 0) is 30.7 Å². The molecule has 0 radical (unpaired) electrons. The third-order valence-corrected chi connectivity index (χ3v) is 4.58. The van der Waals surface area contributed by atoms with Gasteiger partial charge in [0, 0.05) is 25.3 Å². The quantitative estimate of drug-likeness (QED) is 0.838. The highest BCUT2D eigenvalue weighted by molar-refractivity contribution is 6.34. The number of halogens is 1. The summed E-state index contributed by atoms with van der Waals surface area (Å²) in [5.41, 5.74) is 6.61. The molecule has 18 heavy (non-hydrogen) atoms. The Morgan fingerprint density at radius 3 is 3.00 bits per heavy atom. The topological polar surface area (TPSA) is 65.9 Å². The average Bonchev–Trinajstić information content (AvgIpc) is 2.92. The van der Waals surface area contributed by atoms with E-state index in [1.165, 1.54) is 6.42 Å². The van der Waals surface area contributed by atoms with Crippen LogP contribution in [0.5, 0.6) is 0 Å². The summed E-state index contributed by atoms with van der Waals surface area (Å²) in [6.45, 7) is 1.87. The van der Waals surface area contributed by atoms with Crippen LogP contribution in [0.2, 0.25) is 5.02 Å². The van der Waals surface area contributed by atoms with Gasteiger partial charge in [-0.3, -0.25) is 0 Å². The van der Waals surface area contributed by atoms with Gasteiger partial charge in [-0.1, -0.05) is 11.6 Å². The smallest absolute Gasteiger partial charge is 0.148 e. The molecule has 1 saturated heterocycles. The number of nitrogens with two attached hydrogens (primary N) is 1. The molecule has 0 bridgehead atoms. The fraction of sp³-hybridized carbons (Fsp3) is 0.538. The minimum absolute atomic E-state index is 0.304. The Balaban J connectivity index is 1.88. The van der Waals surface area contributed by atoms with Crippen molar-refractivity contribution in [3.05, 3.63) is 22.8 Å². The van der Waals surface area contributed by atoms with Gasteiger partial charge in [0.05, 0.1) is 5.56 Å². The molecule has 1 aliphatic heterocycles. The lowest BCUT2D eigenvalue weighted by Gasteiger charge is -2.20. The van der Waals surface area contributed by atoms with E-state index in [0.717, 1.165) is 25.3 Å². The lowest BCUT2D eigenvalue weighted by atomic mass is 9.98. The molecular weight excluding hydrogens is 248 g/mol. The summed E-state index contributed by atoms with van der Waals surface area (Å²) in [7, 11) is 0. The Morgan fingerprint density at radius 1 is 1.44 bits per heavy atom. The van der Waals surface area contributed by atoms with E-state index in [9.17, 15) is 0 Å². The highest BCUT2D eigenvalue weighted by Crippen LogP contribution is 2.40. The van der Waals surface area contributed by atoms with Gasteiger partial charge in [-0.25, -0.2) is 4.98 Å². The van der Waals surface area contributed by atoms with Crippen LogP contribution in [0, 0.1) is 23.2 Å². The Kier molecular flexibility index (Phi) is 2.89. The molecule has 0 aromatic carbocycles. The summed E-state index contributed by atoms with van der Waals surface area (Å²) in [5, 5.41) is 9.45. The van der Waals surface area contributed by atoms with E-state index in [-0.39, 0.29) is 0 Å². The lowest BCUT2D eigenvalue weighted by molar-refractivity contribution is 0.453. The van der Waals surface area contributed by atoms with Gasteiger partial charge in [0.1, 0.15) is 16.9 Å². The van der Waals surface area contributed by atoms with Crippen LogP contribution >= 0.6 is 11.6 Å². The third kappa shape index (κ3) is 1.75. The average molecular weight is 263 g/mol. The van der Waals surface area contributed by atoms with Gasteiger partial charge in [0.2, 0.25) is 0 Å². The SMILES string of the molecule is N#Cc1ccnc(N2CC3CCC(N)C3C2)c1Cl. The fourth-order valence-corrected chi connectivity index (χ4v) is 3.49. The maximum absolute atomic E-state index is 8.99. The van der Waals surface area contributed by atoms with Gasteiger partial charge in [0.15, 0.2) is 0 Å². The molecule has 1 aromatic rings. The highest BCUT2D eigenvalue weighted by Gasteiger charge is 2.41. The summed E-state index contributed by atoms with van der Waals surface area (Å²) in [6.07, 6.45) is 3.97. The summed E-state index contributed by atoms with van der Waals surface area (Å²) >= 11 is 6.22. The zero-order valence-corrected chi connectivity index (χ0v) is 10.8. The first-order valence-electron chi connectivity index (χ1n) is 6.26. The number of anilines is 1. The van der Waals surface area contributed by atoms with Crippen molar-refractivity contribution >= 4 is 17.4 Å². The molecule has 3 unspecified atom stereocenters. The molecule has 2 heterocycles. The number of fused-ring (bicyclic) bond motifs is 1. The molecule has 94 valence electrons. The Labute approximate surface area is 111 Å². The second-order valence-corrected chi connectivity index (χ2v) is 5.56. The van der Waals surface area contributed by atoms with Crippen molar-refractivity contribution < 1.29 is 0 Å². The minimum Gasteiger partial charge on any atom is -0.355 e. The van der Waals surface area contributed by atoms with Gasteiger partial charge in [-0.15, -0.1) is 0 Å². The number of pyridine rings is 1. The molecule has 3 rings (SSSR count). The maximum atomic E-state index is 8.99. The van der Waals surface area contributed by atoms with Gasteiger partial charge < -0.3 is 10.6 Å². The van der Waals surface area contributed by atoms with E-state index in [1.807, 2.05) is 0 Å². The summed E-state index contributed by atoms with van der Waals surface area (Å²) in [4.78, 5) is 6.50. The van der Waals surface area contributed by atoms with Crippen molar-refractivity contribution in [2.75, 3.05) is 18.0 Å². The molecular formula is C13H15ClN4. The van der Waals surface area contributed by atoms with E-state index in [2.05, 4.69) is 16.0 Å². The first kappa shape index (κ1) is 11.8. The van der Waals surface area contributed by atoms with Crippen LogP contribution in [0.1, 0.15) is 18.4 Å². The maximum Gasteiger partial charge on any atom is 0.148 e. The predicted octanol–water partition coefficient (Wildman–Crippen LogP) is 1.78. The van der Waals surface area contributed by atoms with Crippen LogP contribution < -0.4 is 10.6 Å². The van der Waals surface area contributed by atoms with E-state index in [4.69, 9.17) is 22.6 Å². The number of nitrogens with zero attached hydrogens (tertiary/aromatic N) is 3. The van der Waals surface area contributed by atoms with Crippen LogP contribution in [-0.2, 0) is 0 Å². The van der Waals surface area contributed by atoms with Crippen molar-refractivity contribution in [3.63, 3.8) is 0 Å². The molecule has 1 saturated carbocycles. The van der Waals surface area contributed by atoms with Crippen molar-refractivity contribution in [1.82, 2.24) is 4.98 Å². The summed E-state index contributed by atoms with van der Waals surface area (Å²) in [5.74, 6) is 1.94. The minimum atomic E-state index is 0.304. The highest BCUT2D eigenvalue weighted by atomic mass is 35.5. The molecule has 3 atom stereocenters. The molecule has 1 aliphatic carbocycles. The van der Waals surface area contributed by atoms with Gasteiger partial charge in [0.25, 0.3) is 0 Å². The van der Waals surface area contributed by atoms with Crippen LogP contribution in [-0.4, -0.2) is 24.1 Å². The van der Waals surface area contributed by atoms with Crippen LogP contribution in [0.25, 0.3) is 0 Å². The number of hydrogen-bond donors (Lipinski definition) is 1. The predicted molar refractivity (Wildman–Crippen MR) is 70.4 cm³/mol. The molecule has 1 aromatic heterocycles. The Hall–Kier alpha value is -1.31. The molecule has 2 fully saturated rings. The van der Waals surface area contributed by atoms with E-state index >= 15 is 0 Å². The molecule has 2 N–H and O–H groups in total. The number of aromatic nitrogens is 1. The number of nitriles is 1. The van der Waals surface area contributed by atoms with Crippen molar-refractivity contribution in [3.8, 4) is 6.07 Å². The van der Waals surface area contributed by atoms with Crippen molar-refractivity contribution in [2.24, 2.45) is 17.6 Å². The second kappa shape index (κ2) is 4.42. The van der Waals surface area contributed by atoms with E-state index < -0.39 is 0 Å². The largest absolute Gasteiger partial charge is 0.355 e. The molecule has 2 aliphatic rings. The third-order valence-electron chi connectivity index (χ3n) is 4.20. The monoisotopic (exact) mass is 262 g/mol. The number of rotatable bonds is 1. The van der Waals surface area contributed by atoms with E-state index in [1.54, 1.807) is 12.3 Å². The van der Waals surface area contributed by atoms with Crippen molar-refractivity contribution in [1.29, 1.82) is 5.26 Å². The van der Waals surface area contributed by atoms with Crippen LogP contribution in [0.3, 0.4) is 0 Å². The molecule has 0 spiro atoms. The molecule has 0 amide bonds. The van der Waals surface area contributed by atoms with Gasteiger partial charge >= 0.3 is 0 Å². The molecule has 4 nitrogen and oxygen atoms in total. The zero-order valence-electron chi connectivity index (χ0n) is 10.0. The summed E-state index contributed by atoms with van der Waals surface area (Å²) < 4.78 is 0. The first-order chi connectivity index (χ1) is 8.70. The molecule has 5 heteroatoms. The normalized spacial score (nSPS) is 30.3. The lowest BCUT2D eigenvalue weighted by Crippen LogP contribution is -2.30. The fourth-order valence-electron chi connectivity index (χ4n) is 3.22. The van der Waals surface area contributed by atoms with Crippen LogP contribution in [0.15, 0.2) is 12.3 Å². The van der Waals surface area contributed by atoms with E-state index in [0.29, 0.717) is 28.5 Å².